The van der Waals surface area contributed by atoms with Crippen LogP contribution in [0, 0.1) is 0 Å². The normalized spacial score (nSPS) is 16.4. The predicted octanol–water partition coefficient (Wildman–Crippen LogP) is 4.66. The number of nitrogens with zero attached hydrogens (tertiary/aromatic N) is 2. The predicted molar refractivity (Wildman–Crippen MR) is 108 cm³/mol. The summed E-state index contributed by atoms with van der Waals surface area (Å²) in [5.41, 5.74) is 9.62. The summed E-state index contributed by atoms with van der Waals surface area (Å²) in [6, 6.07) is 9.13. The summed E-state index contributed by atoms with van der Waals surface area (Å²) < 4.78 is 0. The van der Waals surface area contributed by atoms with Crippen molar-refractivity contribution < 1.29 is 5.11 Å². The first-order valence-electron chi connectivity index (χ1n) is 9.33. The number of H-pyrrole nitrogens is 1. The van der Waals surface area contributed by atoms with Crippen LogP contribution >= 0.6 is 11.6 Å². The summed E-state index contributed by atoms with van der Waals surface area (Å²) >= 11 is 5.99. The number of hydrogen-bond acceptors (Lipinski definition) is 4. The third kappa shape index (κ3) is 3.33. The fourth-order valence-corrected chi connectivity index (χ4v) is 4.10. The Morgan fingerprint density at radius 1 is 1.07 bits per heavy atom. The molecule has 27 heavy (non-hydrogen) atoms. The van der Waals surface area contributed by atoms with Gasteiger partial charge in [-0.3, -0.25) is 4.98 Å². The fraction of sp³-hybridized carbons (Fsp3) is 0.333. The molecule has 3 aromatic rings. The van der Waals surface area contributed by atoms with Crippen LogP contribution in [0.2, 0.25) is 5.02 Å². The second-order valence-electron chi connectivity index (χ2n) is 7.26. The summed E-state index contributed by atoms with van der Waals surface area (Å²) in [4.78, 5) is 12.7. The van der Waals surface area contributed by atoms with Crippen LogP contribution in [-0.2, 0) is 5.41 Å². The highest BCUT2D eigenvalue weighted by atomic mass is 35.5. The summed E-state index contributed by atoms with van der Waals surface area (Å²) in [7, 11) is 0. The van der Waals surface area contributed by atoms with Gasteiger partial charge in [0.15, 0.2) is 0 Å². The van der Waals surface area contributed by atoms with Crippen LogP contribution in [0.4, 0.5) is 0 Å². The molecule has 140 valence electrons. The van der Waals surface area contributed by atoms with E-state index in [1.807, 2.05) is 18.2 Å². The van der Waals surface area contributed by atoms with Crippen LogP contribution < -0.4 is 5.73 Å². The number of aromatic nitrogens is 3. The Hall–Kier alpha value is -2.37. The largest absolute Gasteiger partial charge is 0.506 e. The smallest absolute Gasteiger partial charge is 0.134 e. The quantitative estimate of drug-likeness (QED) is 0.612. The fourth-order valence-electron chi connectivity index (χ4n) is 3.99. The number of hydrogen-bond donors (Lipinski definition) is 3. The highest BCUT2D eigenvalue weighted by molar-refractivity contribution is 6.32. The lowest BCUT2D eigenvalue weighted by Gasteiger charge is -2.34. The summed E-state index contributed by atoms with van der Waals surface area (Å²) in [5, 5.41) is 10.4. The number of nitrogens with two attached hydrogens (primary N) is 1. The molecular formula is C21H23ClN4O. The highest BCUT2D eigenvalue weighted by Gasteiger charge is 2.36. The average molecular weight is 383 g/mol. The van der Waals surface area contributed by atoms with Crippen LogP contribution in [0.5, 0.6) is 5.75 Å². The molecule has 1 fully saturated rings. The lowest BCUT2D eigenvalue weighted by atomic mass is 9.73. The number of aromatic hydroxyl groups is 1. The lowest BCUT2D eigenvalue weighted by molar-refractivity contribution is 0.288. The molecular weight excluding hydrogens is 360 g/mol. The number of phenolic OH excluding ortho intramolecular Hbond substituents is 1. The van der Waals surface area contributed by atoms with Gasteiger partial charge in [0.2, 0.25) is 0 Å². The number of benzene rings is 1. The Bertz CT molecular complexity index is 933. The maximum absolute atomic E-state index is 10.1. The van der Waals surface area contributed by atoms with Gasteiger partial charge in [-0.05, 0) is 37.1 Å². The molecule has 0 aliphatic heterocycles. The standard InChI is InChI=1S/C21H23ClN4O/c22-16-5-4-15(12-17(16)27)19-18(14-6-10-24-11-7-14)25-20(26-19)21(13-23)8-2-1-3-9-21/h4-7,10-12,27H,1-3,8-9,13,23H2,(H,25,26). The summed E-state index contributed by atoms with van der Waals surface area (Å²) in [6.45, 7) is 0.571. The summed E-state index contributed by atoms with van der Waals surface area (Å²) in [5.74, 6) is 0.978. The van der Waals surface area contributed by atoms with Crippen LogP contribution in [0.1, 0.15) is 37.9 Å². The number of phenols is 1. The second-order valence-corrected chi connectivity index (χ2v) is 7.66. The van der Waals surface area contributed by atoms with E-state index in [1.54, 1.807) is 24.5 Å². The van der Waals surface area contributed by atoms with Crippen molar-refractivity contribution in [3.05, 3.63) is 53.6 Å². The molecule has 0 bridgehead atoms. The molecule has 6 heteroatoms. The average Bonchev–Trinajstić information content (AvgIpc) is 3.17. The lowest BCUT2D eigenvalue weighted by Crippen LogP contribution is -2.38. The molecule has 0 radical (unpaired) electrons. The van der Waals surface area contributed by atoms with Gasteiger partial charge < -0.3 is 15.8 Å². The summed E-state index contributed by atoms with van der Waals surface area (Å²) in [6.07, 6.45) is 9.18. The van der Waals surface area contributed by atoms with E-state index in [0.29, 0.717) is 11.6 Å². The monoisotopic (exact) mass is 382 g/mol. The molecule has 0 spiro atoms. The van der Waals surface area contributed by atoms with Crippen molar-refractivity contribution in [2.24, 2.45) is 5.73 Å². The first-order chi connectivity index (χ1) is 13.1. The molecule has 1 aromatic carbocycles. The van der Waals surface area contributed by atoms with Crippen LogP contribution in [0.3, 0.4) is 0 Å². The molecule has 0 unspecified atom stereocenters. The Kier molecular flexibility index (Phi) is 4.89. The second kappa shape index (κ2) is 7.33. The number of aromatic amines is 1. The Labute approximate surface area is 163 Å². The third-order valence-corrected chi connectivity index (χ3v) is 5.92. The molecule has 0 saturated heterocycles. The van der Waals surface area contributed by atoms with E-state index in [9.17, 15) is 5.11 Å². The molecule has 1 aliphatic rings. The number of halogens is 1. The minimum atomic E-state index is -0.118. The molecule has 2 aromatic heterocycles. The van der Waals surface area contributed by atoms with E-state index >= 15 is 0 Å². The van der Waals surface area contributed by atoms with Crippen LogP contribution in [0.15, 0.2) is 42.7 Å². The molecule has 0 amide bonds. The zero-order valence-corrected chi connectivity index (χ0v) is 15.8. The van der Waals surface area contributed by atoms with Crippen molar-refractivity contribution in [2.45, 2.75) is 37.5 Å². The van der Waals surface area contributed by atoms with Gasteiger partial charge in [-0.1, -0.05) is 36.9 Å². The van der Waals surface area contributed by atoms with E-state index < -0.39 is 0 Å². The zero-order valence-electron chi connectivity index (χ0n) is 15.1. The Balaban J connectivity index is 1.88. The van der Waals surface area contributed by atoms with Crippen LogP contribution in [-0.4, -0.2) is 26.6 Å². The van der Waals surface area contributed by atoms with Crippen molar-refractivity contribution in [1.82, 2.24) is 15.0 Å². The zero-order chi connectivity index (χ0) is 18.9. The van der Waals surface area contributed by atoms with Gasteiger partial charge in [-0.25, -0.2) is 4.98 Å². The van der Waals surface area contributed by atoms with Gasteiger partial charge >= 0.3 is 0 Å². The van der Waals surface area contributed by atoms with Crippen molar-refractivity contribution in [3.63, 3.8) is 0 Å². The Morgan fingerprint density at radius 3 is 2.48 bits per heavy atom. The van der Waals surface area contributed by atoms with Gasteiger partial charge in [-0.2, -0.15) is 0 Å². The minimum Gasteiger partial charge on any atom is -0.506 e. The van der Waals surface area contributed by atoms with Crippen molar-refractivity contribution in [3.8, 4) is 28.3 Å². The molecule has 4 N–H and O–H groups in total. The van der Waals surface area contributed by atoms with Crippen molar-refractivity contribution in [1.29, 1.82) is 0 Å². The molecule has 2 heterocycles. The Morgan fingerprint density at radius 2 is 1.81 bits per heavy atom. The maximum atomic E-state index is 10.1. The number of pyridine rings is 1. The molecule has 4 rings (SSSR count). The number of nitrogens with one attached hydrogen (secondary N) is 1. The SMILES string of the molecule is NCC1(c2nc(-c3ccc(Cl)c(O)c3)c(-c3ccncc3)[nH]2)CCCCC1. The topological polar surface area (TPSA) is 87.8 Å². The van der Waals surface area contributed by atoms with E-state index in [2.05, 4.69) is 9.97 Å². The van der Waals surface area contributed by atoms with Crippen LogP contribution in [0.25, 0.3) is 22.5 Å². The first kappa shape index (κ1) is 18.0. The number of rotatable bonds is 4. The van der Waals surface area contributed by atoms with Gasteiger partial charge in [0.05, 0.1) is 16.4 Å². The van der Waals surface area contributed by atoms with E-state index in [1.165, 1.54) is 19.3 Å². The number of imidazole rings is 1. The molecule has 1 aliphatic carbocycles. The van der Waals surface area contributed by atoms with Gasteiger partial charge in [0.25, 0.3) is 0 Å². The molecule has 5 nitrogen and oxygen atoms in total. The van der Waals surface area contributed by atoms with E-state index in [4.69, 9.17) is 22.3 Å². The van der Waals surface area contributed by atoms with Gasteiger partial charge in [0, 0.05) is 35.5 Å². The minimum absolute atomic E-state index is 0.0469. The highest BCUT2D eigenvalue weighted by Crippen LogP contribution is 2.41. The third-order valence-electron chi connectivity index (χ3n) is 5.60. The molecule has 1 saturated carbocycles. The van der Waals surface area contributed by atoms with Crippen molar-refractivity contribution >= 4 is 11.6 Å². The van der Waals surface area contributed by atoms with E-state index in [0.717, 1.165) is 41.2 Å². The van der Waals surface area contributed by atoms with Gasteiger partial charge in [-0.15, -0.1) is 0 Å². The van der Waals surface area contributed by atoms with Crippen molar-refractivity contribution in [2.75, 3.05) is 6.54 Å². The van der Waals surface area contributed by atoms with E-state index in [-0.39, 0.29) is 11.2 Å². The first-order valence-corrected chi connectivity index (χ1v) is 9.71. The van der Waals surface area contributed by atoms with Gasteiger partial charge in [0.1, 0.15) is 11.6 Å². The maximum Gasteiger partial charge on any atom is 0.134 e. The molecule has 0 atom stereocenters.